The van der Waals surface area contributed by atoms with E-state index in [-0.39, 0.29) is 11.7 Å². The molecule has 1 amide bonds. The molecule has 0 saturated heterocycles. The van der Waals surface area contributed by atoms with Gasteiger partial charge >= 0.3 is 0 Å². The Kier molecular flexibility index (Phi) is 6.66. The van der Waals surface area contributed by atoms with Gasteiger partial charge < -0.3 is 10.4 Å². The van der Waals surface area contributed by atoms with Gasteiger partial charge in [0.05, 0.1) is 22.9 Å². The predicted molar refractivity (Wildman–Crippen MR) is 123 cm³/mol. The summed E-state index contributed by atoms with van der Waals surface area (Å²) in [6.07, 6.45) is 3.93. The Labute approximate surface area is 184 Å². The van der Waals surface area contributed by atoms with Crippen molar-refractivity contribution in [2.45, 2.75) is 19.0 Å². The van der Waals surface area contributed by atoms with E-state index in [1.807, 2.05) is 53.9 Å². The number of nitrogens with zero attached hydrogens (tertiary/aromatic N) is 2. The van der Waals surface area contributed by atoms with Gasteiger partial charge in [-0.1, -0.05) is 36.4 Å². The molecule has 2 aromatic carbocycles. The highest BCUT2D eigenvalue weighted by Gasteiger charge is 2.20. The van der Waals surface area contributed by atoms with Crippen molar-refractivity contribution in [3.8, 4) is 16.9 Å². The van der Waals surface area contributed by atoms with Crippen molar-refractivity contribution in [2.75, 3.05) is 5.32 Å². The highest BCUT2D eigenvalue weighted by molar-refractivity contribution is 7.07. The number of pyridine rings is 1. The van der Waals surface area contributed by atoms with Crippen molar-refractivity contribution >= 4 is 22.9 Å². The van der Waals surface area contributed by atoms with Gasteiger partial charge in [0.15, 0.2) is 0 Å². The Morgan fingerprint density at radius 1 is 1.03 bits per heavy atom. The lowest BCUT2D eigenvalue weighted by molar-refractivity contribution is -0.118. The summed E-state index contributed by atoms with van der Waals surface area (Å²) in [5.41, 5.74) is 5.90. The van der Waals surface area contributed by atoms with E-state index in [9.17, 15) is 9.90 Å². The minimum atomic E-state index is -0.493. The second kappa shape index (κ2) is 9.97. The molecule has 1 atom stereocenters. The van der Waals surface area contributed by atoms with Crippen molar-refractivity contribution in [1.29, 1.82) is 0 Å². The van der Waals surface area contributed by atoms with Crippen molar-refractivity contribution in [3.63, 3.8) is 0 Å². The van der Waals surface area contributed by atoms with Crippen LogP contribution in [0, 0.1) is 0 Å². The van der Waals surface area contributed by atoms with Crippen LogP contribution in [0.2, 0.25) is 0 Å². The van der Waals surface area contributed by atoms with Gasteiger partial charge in [-0.15, -0.1) is 11.3 Å². The maximum Gasteiger partial charge on any atom is 0.241 e. The molecule has 0 saturated carbocycles. The minimum absolute atomic E-state index is 0.0177. The molecule has 31 heavy (non-hydrogen) atoms. The van der Waals surface area contributed by atoms with E-state index in [1.54, 1.807) is 30.0 Å². The summed E-state index contributed by atoms with van der Waals surface area (Å²) in [6, 6.07) is 18.3. The number of amides is 1. The molecule has 2 heterocycles. The van der Waals surface area contributed by atoms with Gasteiger partial charge in [-0.3, -0.25) is 15.1 Å². The highest BCUT2D eigenvalue weighted by Crippen LogP contribution is 2.29. The van der Waals surface area contributed by atoms with Crippen molar-refractivity contribution in [2.24, 2.45) is 0 Å². The van der Waals surface area contributed by atoms with E-state index in [0.29, 0.717) is 18.7 Å². The van der Waals surface area contributed by atoms with E-state index in [2.05, 4.69) is 20.6 Å². The van der Waals surface area contributed by atoms with E-state index >= 15 is 0 Å². The number of aromatic hydroxyl groups is 1. The molecule has 4 aromatic rings. The minimum Gasteiger partial charge on any atom is -0.506 e. The maximum atomic E-state index is 13.2. The Hall–Kier alpha value is -3.55. The summed E-state index contributed by atoms with van der Waals surface area (Å²) in [7, 11) is 0. The molecule has 156 valence electrons. The largest absolute Gasteiger partial charge is 0.506 e. The number of phenols is 1. The van der Waals surface area contributed by atoms with Crippen molar-refractivity contribution < 1.29 is 9.90 Å². The molecule has 2 aromatic heterocycles. The third-order valence-corrected chi connectivity index (χ3v) is 5.52. The van der Waals surface area contributed by atoms with Crippen LogP contribution >= 0.6 is 11.3 Å². The number of rotatable bonds is 8. The zero-order valence-electron chi connectivity index (χ0n) is 16.7. The SMILES string of the molecule is O=C(Nc1cc(-c2ccncc2)ccc1O)[C@H](Cc1ccccc1)NCc1cscn1. The molecular formula is C24H22N4O2S. The van der Waals surface area contributed by atoms with E-state index in [4.69, 9.17) is 0 Å². The lowest BCUT2D eigenvalue weighted by Gasteiger charge is -2.19. The lowest BCUT2D eigenvalue weighted by Crippen LogP contribution is -2.42. The first-order valence-corrected chi connectivity index (χ1v) is 10.8. The number of anilines is 1. The fourth-order valence-electron chi connectivity index (χ4n) is 3.24. The van der Waals surface area contributed by atoms with Gasteiger partial charge in [-0.25, -0.2) is 4.98 Å². The zero-order chi connectivity index (χ0) is 21.5. The van der Waals surface area contributed by atoms with Crippen LogP contribution in [-0.4, -0.2) is 27.0 Å². The zero-order valence-corrected chi connectivity index (χ0v) is 17.5. The first kappa shape index (κ1) is 20.7. The van der Waals surface area contributed by atoms with Gasteiger partial charge in [0.1, 0.15) is 5.75 Å². The second-order valence-electron chi connectivity index (χ2n) is 7.06. The number of carbonyl (C=O) groups excluding carboxylic acids is 1. The van der Waals surface area contributed by atoms with Crippen molar-refractivity contribution in [1.82, 2.24) is 15.3 Å². The fourth-order valence-corrected chi connectivity index (χ4v) is 3.80. The Bertz CT molecular complexity index is 1120. The number of phenolic OH excluding ortho intramolecular Hbond substituents is 1. The third-order valence-electron chi connectivity index (χ3n) is 4.88. The molecular weight excluding hydrogens is 408 g/mol. The quantitative estimate of drug-likeness (QED) is 0.364. The molecule has 0 radical (unpaired) electrons. The number of hydrogen-bond acceptors (Lipinski definition) is 6. The molecule has 6 nitrogen and oxygen atoms in total. The maximum absolute atomic E-state index is 13.2. The second-order valence-corrected chi connectivity index (χ2v) is 7.78. The van der Waals surface area contributed by atoms with Gasteiger partial charge in [0.25, 0.3) is 0 Å². The van der Waals surface area contributed by atoms with Gasteiger partial charge in [-0.05, 0) is 47.4 Å². The standard InChI is InChI=1S/C24H22N4O2S/c29-23-7-6-19(18-8-10-25-11-9-18)13-21(23)28-24(30)22(12-17-4-2-1-3-5-17)26-14-20-15-31-16-27-20/h1-11,13,15-16,22,26,29H,12,14H2,(H,28,30)/t22-/m0/s1. The number of aromatic nitrogens is 2. The van der Waals surface area contributed by atoms with Crippen LogP contribution in [0.1, 0.15) is 11.3 Å². The summed E-state index contributed by atoms with van der Waals surface area (Å²) in [5, 5.41) is 18.5. The molecule has 7 heteroatoms. The van der Waals surface area contributed by atoms with E-state index in [1.165, 1.54) is 11.3 Å². The molecule has 0 aliphatic rings. The predicted octanol–water partition coefficient (Wildman–Crippen LogP) is 4.25. The number of nitrogens with one attached hydrogen (secondary N) is 2. The summed E-state index contributed by atoms with van der Waals surface area (Å²) < 4.78 is 0. The van der Waals surface area contributed by atoms with Crippen LogP contribution in [0.5, 0.6) is 5.75 Å². The molecule has 0 aliphatic heterocycles. The van der Waals surface area contributed by atoms with E-state index in [0.717, 1.165) is 22.4 Å². The molecule has 0 spiro atoms. The number of thiazole rings is 1. The summed E-state index contributed by atoms with van der Waals surface area (Å²) in [4.78, 5) is 21.5. The van der Waals surface area contributed by atoms with Crippen LogP contribution in [-0.2, 0) is 17.8 Å². The van der Waals surface area contributed by atoms with Gasteiger partial charge in [0, 0.05) is 24.3 Å². The summed E-state index contributed by atoms with van der Waals surface area (Å²) >= 11 is 1.52. The smallest absolute Gasteiger partial charge is 0.241 e. The van der Waals surface area contributed by atoms with E-state index < -0.39 is 6.04 Å². The number of hydrogen-bond donors (Lipinski definition) is 3. The molecule has 3 N–H and O–H groups in total. The van der Waals surface area contributed by atoms with Crippen LogP contribution in [0.3, 0.4) is 0 Å². The first-order chi connectivity index (χ1) is 15.2. The molecule has 0 fully saturated rings. The highest BCUT2D eigenvalue weighted by atomic mass is 32.1. The Balaban J connectivity index is 1.53. The topological polar surface area (TPSA) is 87.1 Å². The average Bonchev–Trinajstić information content (AvgIpc) is 3.33. The Morgan fingerprint density at radius 2 is 1.84 bits per heavy atom. The Morgan fingerprint density at radius 3 is 2.58 bits per heavy atom. The number of benzene rings is 2. The molecule has 0 aliphatic carbocycles. The van der Waals surface area contributed by atoms with Gasteiger partial charge in [0.2, 0.25) is 5.91 Å². The summed E-state index contributed by atoms with van der Waals surface area (Å²) in [6.45, 7) is 0.484. The molecule has 0 bridgehead atoms. The monoisotopic (exact) mass is 430 g/mol. The molecule has 4 rings (SSSR count). The van der Waals surface area contributed by atoms with Gasteiger partial charge in [-0.2, -0.15) is 0 Å². The van der Waals surface area contributed by atoms with Crippen LogP contribution in [0.4, 0.5) is 5.69 Å². The van der Waals surface area contributed by atoms with Crippen LogP contribution in [0.25, 0.3) is 11.1 Å². The number of carbonyl (C=O) groups is 1. The van der Waals surface area contributed by atoms with Crippen molar-refractivity contribution in [3.05, 3.63) is 95.2 Å². The van der Waals surface area contributed by atoms with Crippen LogP contribution in [0.15, 0.2) is 83.9 Å². The third kappa shape index (κ3) is 5.53. The lowest BCUT2D eigenvalue weighted by atomic mass is 10.0. The summed E-state index contributed by atoms with van der Waals surface area (Å²) in [5.74, 6) is -0.203. The first-order valence-electron chi connectivity index (χ1n) is 9.88. The normalized spacial score (nSPS) is 11.7. The van der Waals surface area contributed by atoms with Crippen LogP contribution < -0.4 is 10.6 Å². The molecule has 0 unspecified atom stereocenters. The fraction of sp³-hybridized carbons (Fsp3) is 0.125. The average molecular weight is 431 g/mol.